The van der Waals surface area contributed by atoms with E-state index in [1.807, 2.05) is 0 Å². The first-order chi connectivity index (χ1) is 7.58. The molecule has 94 valence electrons. The van der Waals surface area contributed by atoms with Crippen LogP contribution in [0.5, 0.6) is 0 Å². The highest BCUT2D eigenvalue weighted by molar-refractivity contribution is 5.76. The van der Waals surface area contributed by atoms with Crippen LogP contribution in [0, 0.1) is 11.8 Å². The monoisotopic (exact) mass is 227 g/mol. The molecule has 1 fully saturated rings. The number of nitrogens with zero attached hydrogens (tertiary/aromatic N) is 1. The second-order valence-electron chi connectivity index (χ2n) is 5.05. The van der Waals surface area contributed by atoms with Crippen LogP contribution in [0.2, 0.25) is 0 Å². The first-order valence-corrected chi connectivity index (χ1v) is 6.23. The highest BCUT2D eigenvalue weighted by atomic mass is 16.1. The van der Waals surface area contributed by atoms with Crippen LogP contribution in [0.4, 0.5) is 0 Å². The van der Waals surface area contributed by atoms with E-state index in [9.17, 15) is 4.79 Å². The van der Waals surface area contributed by atoms with Crippen LogP contribution in [0.1, 0.15) is 26.7 Å². The molecule has 1 amide bonds. The van der Waals surface area contributed by atoms with Crippen LogP contribution < -0.4 is 11.1 Å². The van der Waals surface area contributed by atoms with Crippen molar-refractivity contribution >= 4 is 5.91 Å². The molecule has 3 N–H and O–H groups in total. The summed E-state index contributed by atoms with van der Waals surface area (Å²) in [4.78, 5) is 13.7. The lowest BCUT2D eigenvalue weighted by Gasteiger charge is -2.26. The number of hydrogen-bond acceptors (Lipinski definition) is 3. The lowest BCUT2D eigenvalue weighted by Crippen LogP contribution is -2.42. The standard InChI is InChI=1S/C12H25N3O/c1-9(2)10-4-5-15(8-10)11(7-13)6-12(16)14-3/h9-11H,4-8,13H2,1-3H3,(H,14,16). The molecule has 2 unspecified atom stereocenters. The normalized spacial score (nSPS) is 23.7. The zero-order valence-electron chi connectivity index (χ0n) is 10.7. The van der Waals surface area contributed by atoms with Gasteiger partial charge in [0.1, 0.15) is 0 Å². The predicted octanol–water partition coefficient (Wildman–Crippen LogP) is 0.428. The van der Waals surface area contributed by atoms with Crippen LogP contribution in [0.15, 0.2) is 0 Å². The van der Waals surface area contributed by atoms with Crippen molar-refractivity contribution in [1.29, 1.82) is 0 Å². The van der Waals surface area contributed by atoms with Gasteiger partial charge >= 0.3 is 0 Å². The molecule has 0 aliphatic carbocycles. The number of likely N-dealkylation sites (tertiary alicyclic amines) is 1. The van der Waals surface area contributed by atoms with Gasteiger partial charge in [-0.15, -0.1) is 0 Å². The third kappa shape index (κ3) is 3.46. The van der Waals surface area contributed by atoms with Gasteiger partial charge in [0.05, 0.1) is 0 Å². The third-order valence-corrected chi connectivity index (χ3v) is 3.69. The van der Waals surface area contributed by atoms with Gasteiger partial charge in [0, 0.05) is 32.6 Å². The van der Waals surface area contributed by atoms with Crippen molar-refractivity contribution in [2.24, 2.45) is 17.6 Å². The van der Waals surface area contributed by atoms with E-state index >= 15 is 0 Å². The molecule has 1 saturated heterocycles. The van der Waals surface area contributed by atoms with Gasteiger partial charge in [0.25, 0.3) is 0 Å². The van der Waals surface area contributed by atoms with Crippen LogP contribution >= 0.6 is 0 Å². The Bertz CT molecular complexity index is 230. The van der Waals surface area contributed by atoms with Gasteiger partial charge in [0.15, 0.2) is 0 Å². The molecule has 0 aromatic rings. The Kier molecular flexibility index (Phi) is 5.22. The average Bonchev–Trinajstić information content (AvgIpc) is 2.74. The molecule has 4 nitrogen and oxygen atoms in total. The summed E-state index contributed by atoms with van der Waals surface area (Å²) in [7, 11) is 1.68. The fraction of sp³-hybridized carbons (Fsp3) is 0.917. The molecular formula is C12H25N3O. The quantitative estimate of drug-likeness (QED) is 0.716. The van der Waals surface area contributed by atoms with E-state index < -0.39 is 0 Å². The molecule has 1 aliphatic rings. The highest BCUT2D eigenvalue weighted by Gasteiger charge is 2.29. The molecule has 1 aliphatic heterocycles. The number of carbonyl (C=O) groups excluding carboxylic acids is 1. The molecule has 0 radical (unpaired) electrons. The van der Waals surface area contributed by atoms with Gasteiger partial charge < -0.3 is 11.1 Å². The lowest BCUT2D eigenvalue weighted by molar-refractivity contribution is -0.121. The molecule has 0 aromatic carbocycles. The zero-order valence-corrected chi connectivity index (χ0v) is 10.7. The van der Waals surface area contributed by atoms with E-state index in [4.69, 9.17) is 5.73 Å². The smallest absolute Gasteiger partial charge is 0.221 e. The SMILES string of the molecule is CNC(=O)CC(CN)N1CCC(C(C)C)C1. The van der Waals surface area contributed by atoms with Crippen molar-refractivity contribution in [3.8, 4) is 0 Å². The van der Waals surface area contributed by atoms with E-state index in [2.05, 4.69) is 24.1 Å². The molecule has 2 atom stereocenters. The van der Waals surface area contributed by atoms with Crippen LogP contribution in [0.3, 0.4) is 0 Å². The van der Waals surface area contributed by atoms with Gasteiger partial charge in [-0.25, -0.2) is 0 Å². The summed E-state index contributed by atoms with van der Waals surface area (Å²) in [6, 6.07) is 0.212. The second kappa shape index (κ2) is 6.21. The summed E-state index contributed by atoms with van der Waals surface area (Å²) in [5.41, 5.74) is 5.76. The molecule has 0 spiro atoms. The molecule has 1 rings (SSSR count). The first-order valence-electron chi connectivity index (χ1n) is 6.23. The largest absolute Gasteiger partial charge is 0.359 e. The highest BCUT2D eigenvalue weighted by Crippen LogP contribution is 2.25. The van der Waals surface area contributed by atoms with Gasteiger partial charge in [0.2, 0.25) is 5.91 Å². The topological polar surface area (TPSA) is 58.4 Å². The first kappa shape index (κ1) is 13.5. The summed E-state index contributed by atoms with van der Waals surface area (Å²) in [6.45, 7) is 7.28. The fourth-order valence-electron chi connectivity index (χ4n) is 2.37. The fourth-order valence-corrected chi connectivity index (χ4v) is 2.37. The number of nitrogens with one attached hydrogen (secondary N) is 1. The maximum absolute atomic E-state index is 11.4. The molecule has 0 bridgehead atoms. The van der Waals surface area contributed by atoms with Crippen LogP contribution in [0.25, 0.3) is 0 Å². The minimum Gasteiger partial charge on any atom is -0.359 e. The van der Waals surface area contributed by atoms with Crippen molar-refractivity contribution in [3.63, 3.8) is 0 Å². The van der Waals surface area contributed by atoms with Gasteiger partial charge in [-0.3, -0.25) is 9.69 Å². The van der Waals surface area contributed by atoms with Gasteiger partial charge in [-0.2, -0.15) is 0 Å². The Morgan fingerprint density at radius 1 is 1.56 bits per heavy atom. The van der Waals surface area contributed by atoms with Crippen LogP contribution in [-0.2, 0) is 4.79 Å². The van der Waals surface area contributed by atoms with Crippen molar-refractivity contribution in [1.82, 2.24) is 10.2 Å². The summed E-state index contributed by atoms with van der Waals surface area (Å²) in [5.74, 6) is 1.57. The Morgan fingerprint density at radius 2 is 2.25 bits per heavy atom. The minimum absolute atomic E-state index is 0.0865. The van der Waals surface area contributed by atoms with E-state index in [0.717, 1.165) is 24.9 Å². The number of hydrogen-bond donors (Lipinski definition) is 2. The van der Waals surface area contributed by atoms with Crippen LogP contribution in [-0.4, -0.2) is 43.5 Å². The van der Waals surface area contributed by atoms with Gasteiger partial charge in [-0.1, -0.05) is 13.8 Å². The molecule has 4 heteroatoms. The number of nitrogens with two attached hydrogens (primary N) is 1. The second-order valence-corrected chi connectivity index (χ2v) is 5.05. The number of rotatable bonds is 5. The van der Waals surface area contributed by atoms with Crippen molar-refractivity contribution in [2.75, 3.05) is 26.7 Å². The summed E-state index contributed by atoms with van der Waals surface area (Å²) < 4.78 is 0. The Balaban J connectivity index is 2.46. The Hall–Kier alpha value is -0.610. The van der Waals surface area contributed by atoms with E-state index in [1.54, 1.807) is 7.05 Å². The predicted molar refractivity (Wildman–Crippen MR) is 66.0 cm³/mol. The van der Waals surface area contributed by atoms with Crippen molar-refractivity contribution in [2.45, 2.75) is 32.7 Å². The van der Waals surface area contributed by atoms with E-state index in [-0.39, 0.29) is 11.9 Å². The number of carbonyl (C=O) groups is 1. The summed E-state index contributed by atoms with van der Waals surface area (Å²) in [6.07, 6.45) is 1.76. The minimum atomic E-state index is 0.0865. The molecule has 0 aromatic heterocycles. The van der Waals surface area contributed by atoms with Crippen molar-refractivity contribution in [3.05, 3.63) is 0 Å². The molecule has 0 saturated carbocycles. The lowest BCUT2D eigenvalue weighted by atomic mass is 9.95. The number of amides is 1. The van der Waals surface area contributed by atoms with Crippen molar-refractivity contribution < 1.29 is 4.79 Å². The Morgan fingerprint density at radius 3 is 2.69 bits per heavy atom. The summed E-state index contributed by atoms with van der Waals surface area (Å²) >= 11 is 0. The van der Waals surface area contributed by atoms with Gasteiger partial charge in [-0.05, 0) is 24.8 Å². The van der Waals surface area contributed by atoms with E-state index in [1.165, 1.54) is 6.42 Å². The maximum atomic E-state index is 11.4. The summed E-state index contributed by atoms with van der Waals surface area (Å²) in [5, 5.41) is 2.67. The third-order valence-electron chi connectivity index (χ3n) is 3.69. The maximum Gasteiger partial charge on any atom is 0.221 e. The van der Waals surface area contributed by atoms with E-state index in [0.29, 0.717) is 13.0 Å². The Labute approximate surface area is 98.6 Å². The average molecular weight is 227 g/mol. The molecule has 1 heterocycles. The molecule has 16 heavy (non-hydrogen) atoms. The molecular weight excluding hydrogens is 202 g/mol. The zero-order chi connectivity index (χ0) is 12.1.